The van der Waals surface area contributed by atoms with E-state index in [-0.39, 0.29) is 34.5 Å². The number of likely N-dealkylation sites (tertiary alicyclic amines) is 1. The summed E-state index contributed by atoms with van der Waals surface area (Å²) in [7, 11) is 2.15. The van der Waals surface area contributed by atoms with E-state index in [0.717, 1.165) is 12.8 Å². The summed E-state index contributed by atoms with van der Waals surface area (Å²) in [5.74, 6) is 0. The fraction of sp³-hybridized carbons (Fsp3) is 0.688. The third-order valence-electron chi connectivity index (χ3n) is 4.44. The second kappa shape index (κ2) is 6.61. The Hall–Kier alpha value is -1.40. The molecule has 23 heavy (non-hydrogen) atoms. The van der Waals surface area contributed by atoms with Crippen molar-refractivity contribution in [2.75, 3.05) is 13.7 Å². The van der Waals surface area contributed by atoms with Crippen LogP contribution in [0.5, 0.6) is 12.0 Å². The van der Waals surface area contributed by atoms with Gasteiger partial charge in [0.15, 0.2) is 0 Å². The van der Waals surface area contributed by atoms with Crippen LogP contribution >= 0.6 is 11.6 Å². The molecule has 0 spiro atoms. The number of ether oxygens (including phenoxy) is 2. The lowest BCUT2D eigenvalue weighted by Crippen LogP contribution is -2.60. The molecule has 1 saturated heterocycles. The van der Waals surface area contributed by atoms with Gasteiger partial charge in [-0.15, -0.1) is 4.98 Å². The molecule has 1 fully saturated rings. The van der Waals surface area contributed by atoms with Crippen molar-refractivity contribution >= 4 is 11.6 Å². The highest BCUT2D eigenvalue weighted by atomic mass is 35.5. The van der Waals surface area contributed by atoms with Crippen molar-refractivity contribution in [3.05, 3.63) is 17.9 Å². The van der Waals surface area contributed by atoms with Gasteiger partial charge in [0.05, 0.1) is 0 Å². The zero-order chi connectivity index (χ0) is 17.3. The summed E-state index contributed by atoms with van der Waals surface area (Å²) in [4.78, 5) is 14.5. The van der Waals surface area contributed by atoms with E-state index in [1.165, 1.54) is 0 Å². The van der Waals surface area contributed by atoms with Gasteiger partial charge in [-0.2, -0.15) is 9.97 Å². The largest absolute Gasteiger partial charge is 0.460 e. The molecule has 0 radical (unpaired) electrons. The first-order chi connectivity index (χ1) is 10.6. The van der Waals surface area contributed by atoms with Crippen LogP contribution in [-0.2, 0) is 0 Å². The lowest BCUT2D eigenvalue weighted by atomic mass is 9.79. The zero-order valence-electron chi connectivity index (χ0n) is 14.5. The molecular formula is C16H25ClN4O2. The Kier molecular flexibility index (Phi) is 5.16. The highest BCUT2D eigenvalue weighted by Gasteiger charge is 2.44. The van der Waals surface area contributed by atoms with Crippen LogP contribution in [0.15, 0.2) is 12.7 Å². The molecule has 0 aliphatic carbocycles. The minimum atomic E-state index is 0.00178. The van der Waals surface area contributed by atoms with Gasteiger partial charge < -0.3 is 9.47 Å². The molecule has 0 N–H and O–H groups in total. The highest BCUT2D eigenvalue weighted by Crippen LogP contribution is 2.38. The van der Waals surface area contributed by atoms with E-state index >= 15 is 0 Å². The fourth-order valence-corrected chi connectivity index (χ4v) is 3.22. The topological polar surface area (TPSA) is 60.4 Å². The molecule has 0 atom stereocenters. The maximum absolute atomic E-state index is 6.00. The van der Waals surface area contributed by atoms with Crippen molar-refractivity contribution in [2.24, 2.45) is 0 Å². The van der Waals surface area contributed by atoms with E-state index in [1.54, 1.807) is 6.08 Å². The van der Waals surface area contributed by atoms with Crippen LogP contribution in [0.3, 0.4) is 0 Å². The number of piperidine rings is 1. The molecule has 1 aromatic rings. The second-order valence-corrected chi connectivity index (χ2v) is 7.44. The molecule has 1 aliphatic rings. The third kappa shape index (κ3) is 4.32. The van der Waals surface area contributed by atoms with E-state index < -0.39 is 0 Å². The molecule has 1 aliphatic heterocycles. The minimum Gasteiger partial charge on any atom is -0.460 e. The van der Waals surface area contributed by atoms with Crippen LogP contribution in [0, 0.1) is 0 Å². The van der Waals surface area contributed by atoms with Crippen LogP contribution in [0.25, 0.3) is 0 Å². The molecular weight excluding hydrogens is 316 g/mol. The van der Waals surface area contributed by atoms with Gasteiger partial charge in [0.1, 0.15) is 12.7 Å². The first-order valence-electron chi connectivity index (χ1n) is 7.70. The van der Waals surface area contributed by atoms with Gasteiger partial charge in [-0.05, 0) is 46.3 Å². The first-order valence-corrected chi connectivity index (χ1v) is 8.08. The van der Waals surface area contributed by atoms with Gasteiger partial charge in [0.25, 0.3) is 0 Å². The molecule has 2 rings (SSSR count). The minimum absolute atomic E-state index is 0.00178. The Morgan fingerprint density at radius 1 is 1.17 bits per heavy atom. The average molecular weight is 341 g/mol. The Balaban J connectivity index is 2.15. The summed E-state index contributed by atoms with van der Waals surface area (Å²) in [6.45, 7) is 12.7. The van der Waals surface area contributed by atoms with Crippen LogP contribution < -0.4 is 9.47 Å². The summed E-state index contributed by atoms with van der Waals surface area (Å²) in [5.41, 5.74) is 0.0385. The Morgan fingerprint density at radius 2 is 1.74 bits per heavy atom. The van der Waals surface area contributed by atoms with Crippen LogP contribution in [0.4, 0.5) is 0 Å². The Labute approximate surface area is 142 Å². The smallest absolute Gasteiger partial charge is 0.324 e. The van der Waals surface area contributed by atoms with E-state index in [1.807, 2.05) is 0 Å². The summed E-state index contributed by atoms with van der Waals surface area (Å²) in [5, 5.41) is 0.0560. The van der Waals surface area contributed by atoms with Gasteiger partial charge in [0.2, 0.25) is 5.28 Å². The van der Waals surface area contributed by atoms with Gasteiger partial charge in [-0.25, -0.2) is 0 Å². The van der Waals surface area contributed by atoms with Crippen LogP contribution in [0.1, 0.15) is 40.5 Å². The standard InChI is InChI=1S/C16H25ClN4O2/c1-7-8-22-13-18-12(17)19-14(20-13)23-11-9-15(2,3)21(6)16(4,5)10-11/h7,11H,1,8-10H2,2-6H3. The van der Waals surface area contributed by atoms with Gasteiger partial charge in [0, 0.05) is 23.9 Å². The van der Waals surface area contributed by atoms with E-state index in [4.69, 9.17) is 21.1 Å². The van der Waals surface area contributed by atoms with Crippen LogP contribution in [0.2, 0.25) is 5.28 Å². The number of halogens is 1. The summed E-state index contributed by atoms with van der Waals surface area (Å²) >= 11 is 5.93. The van der Waals surface area contributed by atoms with Crippen molar-refractivity contribution in [3.8, 4) is 12.0 Å². The summed E-state index contributed by atoms with van der Waals surface area (Å²) in [6, 6.07) is 0.344. The number of rotatable bonds is 5. The molecule has 0 aromatic carbocycles. The number of hydrogen-bond donors (Lipinski definition) is 0. The average Bonchev–Trinajstić information content (AvgIpc) is 2.41. The van der Waals surface area contributed by atoms with E-state index in [2.05, 4.69) is 61.2 Å². The predicted octanol–water partition coefficient (Wildman–Crippen LogP) is 3.12. The predicted molar refractivity (Wildman–Crippen MR) is 90.1 cm³/mol. The maximum atomic E-state index is 6.00. The van der Waals surface area contributed by atoms with Gasteiger partial charge in [-0.1, -0.05) is 12.7 Å². The van der Waals surface area contributed by atoms with Crippen molar-refractivity contribution < 1.29 is 9.47 Å². The molecule has 0 bridgehead atoms. The highest BCUT2D eigenvalue weighted by molar-refractivity contribution is 6.28. The number of aromatic nitrogens is 3. The third-order valence-corrected chi connectivity index (χ3v) is 4.61. The number of nitrogens with zero attached hydrogens (tertiary/aromatic N) is 4. The quantitative estimate of drug-likeness (QED) is 0.767. The summed E-state index contributed by atoms with van der Waals surface area (Å²) < 4.78 is 11.3. The lowest BCUT2D eigenvalue weighted by Gasteiger charge is -2.53. The molecule has 0 saturated carbocycles. The van der Waals surface area contributed by atoms with Crippen molar-refractivity contribution in [2.45, 2.75) is 57.7 Å². The van der Waals surface area contributed by atoms with Gasteiger partial charge >= 0.3 is 12.0 Å². The zero-order valence-corrected chi connectivity index (χ0v) is 15.2. The van der Waals surface area contributed by atoms with E-state index in [0.29, 0.717) is 6.61 Å². The molecule has 6 nitrogen and oxygen atoms in total. The summed E-state index contributed by atoms with van der Waals surface area (Å²) in [6.07, 6.45) is 3.36. The normalized spacial score (nSPS) is 21.0. The molecule has 2 heterocycles. The van der Waals surface area contributed by atoms with Gasteiger partial charge in [-0.3, -0.25) is 4.90 Å². The Bertz CT molecular complexity index is 559. The Morgan fingerprint density at radius 3 is 2.30 bits per heavy atom. The second-order valence-electron chi connectivity index (χ2n) is 7.10. The maximum Gasteiger partial charge on any atom is 0.324 e. The molecule has 7 heteroatoms. The molecule has 0 amide bonds. The molecule has 1 aromatic heterocycles. The SMILES string of the molecule is C=CCOc1nc(Cl)nc(OC2CC(C)(C)N(C)C(C)(C)C2)n1. The molecule has 128 valence electrons. The number of hydrogen-bond acceptors (Lipinski definition) is 6. The first kappa shape index (κ1) is 17.9. The van der Waals surface area contributed by atoms with Crippen molar-refractivity contribution in [1.82, 2.24) is 19.9 Å². The lowest BCUT2D eigenvalue weighted by molar-refractivity contribution is -0.0580. The fourth-order valence-electron chi connectivity index (χ4n) is 3.08. The molecule has 0 unspecified atom stereocenters. The van der Waals surface area contributed by atoms with E-state index in [9.17, 15) is 0 Å². The van der Waals surface area contributed by atoms with Crippen LogP contribution in [-0.4, -0.2) is 50.7 Å². The van der Waals surface area contributed by atoms with Crippen molar-refractivity contribution in [1.29, 1.82) is 0 Å². The van der Waals surface area contributed by atoms with Crippen molar-refractivity contribution in [3.63, 3.8) is 0 Å². The monoisotopic (exact) mass is 340 g/mol.